The molecule has 0 fully saturated rings. The Balaban J connectivity index is 2.04. The molecule has 0 bridgehead atoms. The SMILES string of the molecule is COC(=O)c1cc(CNS(=O)(=O)c2ccc(C(=O)NCC(F)(F)F)cc2)oc1C. The normalized spacial score (nSPS) is 11.9. The molecular weight excluding hydrogens is 417 g/mol. The van der Waals surface area contributed by atoms with Gasteiger partial charge in [0.25, 0.3) is 5.91 Å². The number of rotatable bonds is 7. The fourth-order valence-corrected chi connectivity index (χ4v) is 3.25. The average Bonchev–Trinajstić information content (AvgIpc) is 3.04. The van der Waals surface area contributed by atoms with Crippen LogP contribution in [0.5, 0.6) is 0 Å². The Morgan fingerprint density at radius 3 is 2.34 bits per heavy atom. The van der Waals surface area contributed by atoms with Gasteiger partial charge in [-0.3, -0.25) is 4.79 Å². The summed E-state index contributed by atoms with van der Waals surface area (Å²) in [7, 11) is -2.81. The van der Waals surface area contributed by atoms with Crippen LogP contribution < -0.4 is 10.0 Å². The van der Waals surface area contributed by atoms with E-state index in [0.717, 1.165) is 24.3 Å². The summed E-state index contributed by atoms with van der Waals surface area (Å²) in [5.74, 6) is -1.17. The number of hydrogen-bond acceptors (Lipinski definition) is 6. The van der Waals surface area contributed by atoms with Crippen LogP contribution in [-0.4, -0.2) is 40.1 Å². The third-order valence-electron chi connectivity index (χ3n) is 3.69. The first-order valence-electron chi connectivity index (χ1n) is 8.05. The lowest BCUT2D eigenvalue weighted by atomic mass is 10.2. The largest absolute Gasteiger partial charge is 0.465 e. The molecule has 1 heterocycles. The molecule has 1 amide bonds. The van der Waals surface area contributed by atoms with Gasteiger partial charge in [0.15, 0.2) is 0 Å². The van der Waals surface area contributed by atoms with Gasteiger partial charge >= 0.3 is 12.1 Å². The van der Waals surface area contributed by atoms with Crippen LogP contribution in [-0.2, 0) is 21.3 Å². The zero-order valence-corrected chi connectivity index (χ0v) is 16.1. The lowest BCUT2D eigenvalue weighted by Gasteiger charge is -2.09. The van der Waals surface area contributed by atoms with Gasteiger partial charge in [0.05, 0.1) is 18.6 Å². The van der Waals surface area contributed by atoms with Gasteiger partial charge in [0.1, 0.15) is 23.6 Å². The number of amides is 1. The Bertz CT molecular complexity index is 997. The van der Waals surface area contributed by atoms with Gasteiger partial charge in [-0.25, -0.2) is 17.9 Å². The first-order valence-corrected chi connectivity index (χ1v) is 9.53. The van der Waals surface area contributed by atoms with E-state index >= 15 is 0 Å². The van der Waals surface area contributed by atoms with Gasteiger partial charge < -0.3 is 14.5 Å². The number of carbonyl (C=O) groups is 2. The number of halogens is 3. The van der Waals surface area contributed by atoms with E-state index < -0.39 is 34.6 Å². The highest BCUT2D eigenvalue weighted by atomic mass is 32.2. The van der Waals surface area contributed by atoms with Gasteiger partial charge in [-0.1, -0.05) is 0 Å². The van der Waals surface area contributed by atoms with Gasteiger partial charge in [0, 0.05) is 5.56 Å². The number of benzene rings is 1. The Hall–Kier alpha value is -2.86. The summed E-state index contributed by atoms with van der Waals surface area (Å²) >= 11 is 0. The highest BCUT2D eigenvalue weighted by Gasteiger charge is 2.28. The number of alkyl halides is 3. The maximum absolute atomic E-state index is 12.3. The lowest BCUT2D eigenvalue weighted by molar-refractivity contribution is -0.123. The van der Waals surface area contributed by atoms with Crippen molar-refractivity contribution < 1.29 is 40.3 Å². The number of carbonyl (C=O) groups excluding carboxylic acids is 2. The van der Waals surface area contributed by atoms with Crippen LogP contribution in [0.15, 0.2) is 39.6 Å². The van der Waals surface area contributed by atoms with E-state index in [0.29, 0.717) is 0 Å². The average molecular weight is 434 g/mol. The second-order valence-corrected chi connectivity index (χ2v) is 7.59. The molecule has 1 aromatic heterocycles. The molecule has 0 unspecified atom stereocenters. The van der Waals surface area contributed by atoms with E-state index in [1.807, 2.05) is 0 Å². The zero-order valence-electron chi connectivity index (χ0n) is 15.3. The number of methoxy groups -OCH3 is 1. The Morgan fingerprint density at radius 1 is 1.17 bits per heavy atom. The molecule has 8 nitrogen and oxygen atoms in total. The van der Waals surface area contributed by atoms with Crippen molar-refractivity contribution >= 4 is 21.9 Å². The van der Waals surface area contributed by atoms with Crippen molar-refractivity contribution in [2.45, 2.75) is 24.5 Å². The van der Waals surface area contributed by atoms with E-state index in [1.54, 1.807) is 5.32 Å². The maximum atomic E-state index is 12.3. The molecule has 0 saturated heterocycles. The molecule has 12 heteroatoms. The molecule has 2 rings (SSSR count). The predicted molar refractivity (Wildman–Crippen MR) is 93.6 cm³/mol. The molecule has 0 radical (unpaired) electrons. The van der Waals surface area contributed by atoms with Crippen LogP contribution in [0.4, 0.5) is 13.2 Å². The fourth-order valence-electron chi connectivity index (χ4n) is 2.26. The summed E-state index contributed by atoms with van der Waals surface area (Å²) in [6.45, 7) is -0.232. The van der Waals surface area contributed by atoms with Gasteiger partial charge in [-0.15, -0.1) is 0 Å². The van der Waals surface area contributed by atoms with Crippen molar-refractivity contribution in [3.8, 4) is 0 Å². The number of aryl methyl sites for hydroxylation is 1. The smallest absolute Gasteiger partial charge is 0.405 e. The standard InChI is InChI=1S/C17H17F3N2O6S/c1-10-14(16(24)27-2)7-12(28-10)8-22-29(25,26)13-5-3-11(4-6-13)15(23)21-9-17(18,19)20/h3-7,22H,8-9H2,1-2H3,(H,21,23). The third-order valence-corrected chi connectivity index (χ3v) is 5.10. The molecule has 0 atom stereocenters. The van der Waals surface area contributed by atoms with Crippen LogP contribution in [0.25, 0.3) is 0 Å². The minimum absolute atomic E-state index is 0.127. The molecule has 0 aliphatic heterocycles. The second-order valence-electron chi connectivity index (χ2n) is 5.82. The molecule has 0 saturated carbocycles. The molecule has 1 aromatic carbocycles. The number of sulfonamides is 1. The molecule has 29 heavy (non-hydrogen) atoms. The van der Waals surface area contributed by atoms with Crippen LogP contribution in [0.2, 0.25) is 0 Å². The van der Waals surface area contributed by atoms with Crippen molar-refractivity contribution in [1.82, 2.24) is 10.0 Å². The van der Waals surface area contributed by atoms with E-state index in [1.165, 1.54) is 20.1 Å². The van der Waals surface area contributed by atoms with Gasteiger partial charge in [0.2, 0.25) is 10.0 Å². The molecule has 158 valence electrons. The minimum atomic E-state index is -4.55. The molecule has 0 aliphatic rings. The molecule has 2 N–H and O–H groups in total. The summed E-state index contributed by atoms with van der Waals surface area (Å²) in [4.78, 5) is 23.0. The molecule has 0 spiro atoms. The Kier molecular flexibility index (Phi) is 6.69. The van der Waals surface area contributed by atoms with E-state index in [2.05, 4.69) is 9.46 Å². The minimum Gasteiger partial charge on any atom is -0.465 e. The van der Waals surface area contributed by atoms with Crippen LogP contribution in [0, 0.1) is 6.92 Å². The van der Waals surface area contributed by atoms with Gasteiger partial charge in [-0.2, -0.15) is 13.2 Å². The van der Waals surface area contributed by atoms with E-state index in [-0.39, 0.29) is 34.1 Å². The predicted octanol–water partition coefficient (Wildman–Crippen LogP) is 2.15. The number of nitrogens with one attached hydrogen (secondary N) is 2. The zero-order chi connectivity index (χ0) is 21.8. The third kappa shape index (κ3) is 6.06. The highest BCUT2D eigenvalue weighted by Crippen LogP contribution is 2.17. The van der Waals surface area contributed by atoms with Crippen LogP contribution >= 0.6 is 0 Å². The van der Waals surface area contributed by atoms with Crippen LogP contribution in [0.3, 0.4) is 0 Å². The first kappa shape index (κ1) is 22.4. The number of esters is 1. The highest BCUT2D eigenvalue weighted by molar-refractivity contribution is 7.89. The van der Waals surface area contributed by atoms with Crippen molar-refractivity contribution in [1.29, 1.82) is 0 Å². The summed E-state index contributed by atoms with van der Waals surface area (Å²) in [5, 5.41) is 1.69. The lowest BCUT2D eigenvalue weighted by Crippen LogP contribution is -2.33. The number of hydrogen-bond donors (Lipinski definition) is 2. The summed E-state index contributed by atoms with van der Waals surface area (Å²) in [6.07, 6.45) is -4.55. The number of ether oxygens (including phenoxy) is 1. The number of furan rings is 1. The Morgan fingerprint density at radius 2 is 1.79 bits per heavy atom. The monoisotopic (exact) mass is 434 g/mol. The van der Waals surface area contributed by atoms with Crippen LogP contribution in [0.1, 0.15) is 32.2 Å². The quantitative estimate of drug-likeness (QED) is 0.646. The molecule has 0 aliphatic carbocycles. The topological polar surface area (TPSA) is 115 Å². The van der Waals surface area contributed by atoms with Crippen molar-refractivity contribution in [2.75, 3.05) is 13.7 Å². The summed E-state index contributed by atoms with van der Waals surface area (Å²) in [6, 6.07) is 5.69. The first-order chi connectivity index (χ1) is 13.4. The second kappa shape index (κ2) is 8.66. The van der Waals surface area contributed by atoms with Gasteiger partial charge in [-0.05, 0) is 37.3 Å². The summed E-state index contributed by atoms with van der Waals surface area (Å²) in [5.41, 5.74) is 0.0356. The van der Waals surface area contributed by atoms with E-state index in [4.69, 9.17) is 4.42 Å². The Labute approximate surface area is 164 Å². The fraction of sp³-hybridized carbons (Fsp3) is 0.294. The van der Waals surface area contributed by atoms with Crippen molar-refractivity contribution in [2.24, 2.45) is 0 Å². The van der Waals surface area contributed by atoms with E-state index in [9.17, 15) is 31.2 Å². The molecule has 2 aromatic rings. The summed E-state index contributed by atoms with van der Waals surface area (Å²) < 4.78 is 73.2. The van der Waals surface area contributed by atoms with Crippen molar-refractivity contribution in [3.05, 3.63) is 53.0 Å². The van der Waals surface area contributed by atoms with Crippen molar-refractivity contribution in [3.63, 3.8) is 0 Å². The maximum Gasteiger partial charge on any atom is 0.405 e. The molecular formula is C17H17F3N2O6S.